The molecule has 13 heavy (non-hydrogen) atoms. The second kappa shape index (κ2) is 4.40. The highest BCUT2D eigenvalue weighted by Crippen LogP contribution is 2.08. The number of benzene rings is 1. The Kier molecular flexibility index (Phi) is 3.20. The summed E-state index contributed by atoms with van der Waals surface area (Å²) in [5, 5.41) is 8.45. The normalized spacial score (nSPS) is 9.54. The monoisotopic (exact) mass is 178 g/mol. The molecule has 1 N–H and O–H groups in total. The van der Waals surface area contributed by atoms with Gasteiger partial charge < -0.3 is 5.11 Å². The van der Waals surface area contributed by atoms with Crippen molar-refractivity contribution in [3.05, 3.63) is 35.4 Å². The lowest BCUT2D eigenvalue weighted by Crippen LogP contribution is -1.99. The van der Waals surface area contributed by atoms with Crippen molar-refractivity contribution in [2.75, 3.05) is 0 Å². The minimum atomic E-state index is -0.847. The van der Waals surface area contributed by atoms with Crippen LogP contribution in [0.4, 0.5) is 0 Å². The molecule has 0 heterocycles. The van der Waals surface area contributed by atoms with Gasteiger partial charge in [-0.05, 0) is 12.0 Å². The first kappa shape index (κ1) is 9.45. The summed E-state index contributed by atoms with van der Waals surface area (Å²) < 4.78 is 0. The summed E-state index contributed by atoms with van der Waals surface area (Å²) in [6.07, 6.45) is 1.21. The lowest BCUT2D eigenvalue weighted by atomic mass is 10.0. The Morgan fingerprint density at radius 3 is 2.69 bits per heavy atom. The number of aldehydes is 1. The molecule has 0 saturated heterocycles. The first-order chi connectivity index (χ1) is 6.24. The number of aryl methyl sites for hydroxylation is 1. The van der Waals surface area contributed by atoms with Gasteiger partial charge >= 0.3 is 5.97 Å². The summed E-state index contributed by atoms with van der Waals surface area (Å²) >= 11 is 0. The molecule has 0 unspecified atom stereocenters. The molecule has 1 aromatic rings. The van der Waals surface area contributed by atoms with E-state index in [1.54, 1.807) is 24.3 Å². The third-order valence-corrected chi connectivity index (χ3v) is 1.79. The van der Waals surface area contributed by atoms with Crippen molar-refractivity contribution in [2.24, 2.45) is 0 Å². The molecule has 0 atom stereocenters. The van der Waals surface area contributed by atoms with Gasteiger partial charge in [-0.1, -0.05) is 24.3 Å². The van der Waals surface area contributed by atoms with Gasteiger partial charge in [0.1, 0.15) is 6.29 Å². The van der Waals surface area contributed by atoms with E-state index in [9.17, 15) is 9.59 Å². The van der Waals surface area contributed by atoms with Crippen LogP contribution in [-0.2, 0) is 11.2 Å². The van der Waals surface area contributed by atoms with Gasteiger partial charge in [-0.25, -0.2) is 0 Å². The van der Waals surface area contributed by atoms with Crippen LogP contribution in [0.2, 0.25) is 0 Å². The zero-order valence-electron chi connectivity index (χ0n) is 7.06. The number of hydrogen-bond acceptors (Lipinski definition) is 2. The van der Waals surface area contributed by atoms with Gasteiger partial charge in [0, 0.05) is 12.0 Å². The summed E-state index contributed by atoms with van der Waals surface area (Å²) in [5.74, 6) is -0.847. The van der Waals surface area contributed by atoms with Crippen molar-refractivity contribution in [1.82, 2.24) is 0 Å². The molecule has 0 fully saturated rings. The van der Waals surface area contributed by atoms with Gasteiger partial charge in [0.05, 0.1) is 0 Å². The minimum absolute atomic E-state index is 0.0604. The lowest BCUT2D eigenvalue weighted by molar-refractivity contribution is -0.136. The Morgan fingerprint density at radius 1 is 1.38 bits per heavy atom. The highest BCUT2D eigenvalue weighted by Gasteiger charge is 2.02. The zero-order valence-corrected chi connectivity index (χ0v) is 7.06. The predicted molar refractivity (Wildman–Crippen MR) is 47.8 cm³/mol. The molecule has 0 aliphatic heterocycles. The molecule has 0 spiro atoms. The number of hydrogen-bond donors (Lipinski definition) is 1. The van der Waals surface area contributed by atoms with Crippen LogP contribution in [0.5, 0.6) is 0 Å². The zero-order chi connectivity index (χ0) is 9.68. The van der Waals surface area contributed by atoms with Gasteiger partial charge in [-0.2, -0.15) is 0 Å². The first-order valence-corrected chi connectivity index (χ1v) is 3.99. The molecule has 0 saturated carbocycles. The molecule has 0 aliphatic rings. The molecule has 1 aromatic carbocycles. The van der Waals surface area contributed by atoms with E-state index in [-0.39, 0.29) is 6.42 Å². The summed E-state index contributed by atoms with van der Waals surface area (Å²) in [6.45, 7) is 0. The number of carbonyl (C=O) groups excluding carboxylic acids is 1. The fourth-order valence-electron chi connectivity index (χ4n) is 1.12. The van der Waals surface area contributed by atoms with E-state index in [4.69, 9.17) is 5.11 Å². The fraction of sp³-hybridized carbons (Fsp3) is 0.200. The quantitative estimate of drug-likeness (QED) is 0.711. The standard InChI is InChI=1S/C10H10O3/c11-7-9-4-2-1-3-8(9)5-6-10(12)13/h1-4,7H,5-6H2,(H,12,13). The summed E-state index contributed by atoms with van der Waals surface area (Å²) in [5.41, 5.74) is 1.36. The topological polar surface area (TPSA) is 54.4 Å². The molecule has 0 amide bonds. The molecule has 0 radical (unpaired) electrons. The molecule has 68 valence electrons. The average Bonchev–Trinajstić information content (AvgIpc) is 2.15. The predicted octanol–water partition coefficient (Wildman–Crippen LogP) is 1.52. The lowest BCUT2D eigenvalue weighted by Gasteiger charge is -2.00. The van der Waals surface area contributed by atoms with Crippen LogP contribution >= 0.6 is 0 Å². The minimum Gasteiger partial charge on any atom is -0.481 e. The average molecular weight is 178 g/mol. The maximum absolute atomic E-state index is 10.5. The van der Waals surface area contributed by atoms with Gasteiger partial charge in [-0.3, -0.25) is 9.59 Å². The maximum Gasteiger partial charge on any atom is 0.303 e. The van der Waals surface area contributed by atoms with E-state index in [0.717, 1.165) is 11.8 Å². The molecule has 1 rings (SSSR count). The van der Waals surface area contributed by atoms with Crippen LogP contribution in [0.15, 0.2) is 24.3 Å². The second-order valence-corrected chi connectivity index (χ2v) is 2.71. The molecule has 3 nitrogen and oxygen atoms in total. The van der Waals surface area contributed by atoms with Gasteiger partial charge in [0.25, 0.3) is 0 Å². The third-order valence-electron chi connectivity index (χ3n) is 1.79. The van der Waals surface area contributed by atoms with Gasteiger partial charge in [0.15, 0.2) is 0 Å². The number of rotatable bonds is 4. The van der Waals surface area contributed by atoms with Crippen molar-refractivity contribution in [2.45, 2.75) is 12.8 Å². The molecule has 0 aromatic heterocycles. The highest BCUT2D eigenvalue weighted by molar-refractivity contribution is 5.77. The highest BCUT2D eigenvalue weighted by atomic mass is 16.4. The molecule has 0 bridgehead atoms. The van der Waals surface area contributed by atoms with Crippen LogP contribution in [0.25, 0.3) is 0 Å². The molecular formula is C10H10O3. The maximum atomic E-state index is 10.5. The Bertz CT molecular complexity index is 318. The van der Waals surface area contributed by atoms with Crippen molar-refractivity contribution < 1.29 is 14.7 Å². The first-order valence-electron chi connectivity index (χ1n) is 3.99. The Balaban J connectivity index is 2.75. The number of aliphatic carboxylic acids is 1. The SMILES string of the molecule is O=Cc1ccccc1CCC(=O)O. The Hall–Kier alpha value is -1.64. The van der Waals surface area contributed by atoms with E-state index in [2.05, 4.69) is 0 Å². The van der Waals surface area contributed by atoms with E-state index >= 15 is 0 Å². The van der Waals surface area contributed by atoms with Crippen molar-refractivity contribution in [3.8, 4) is 0 Å². The van der Waals surface area contributed by atoms with E-state index in [1.165, 1.54) is 0 Å². The van der Waals surface area contributed by atoms with Gasteiger partial charge in [-0.15, -0.1) is 0 Å². The summed E-state index contributed by atoms with van der Waals surface area (Å²) in [7, 11) is 0. The summed E-state index contributed by atoms with van der Waals surface area (Å²) in [4.78, 5) is 20.8. The molecule has 3 heteroatoms. The number of carboxylic acid groups (broad SMARTS) is 1. The molecule has 0 aliphatic carbocycles. The van der Waals surface area contributed by atoms with E-state index < -0.39 is 5.97 Å². The van der Waals surface area contributed by atoms with E-state index in [1.807, 2.05) is 0 Å². The molecular weight excluding hydrogens is 168 g/mol. The number of carbonyl (C=O) groups is 2. The van der Waals surface area contributed by atoms with Crippen LogP contribution in [-0.4, -0.2) is 17.4 Å². The fourth-order valence-corrected chi connectivity index (χ4v) is 1.12. The van der Waals surface area contributed by atoms with Crippen molar-refractivity contribution in [1.29, 1.82) is 0 Å². The largest absolute Gasteiger partial charge is 0.481 e. The number of carboxylic acids is 1. The van der Waals surface area contributed by atoms with Gasteiger partial charge in [0.2, 0.25) is 0 Å². The van der Waals surface area contributed by atoms with E-state index in [0.29, 0.717) is 12.0 Å². The Morgan fingerprint density at radius 2 is 2.08 bits per heavy atom. The second-order valence-electron chi connectivity index (χ2n) is 2.71. The van der Waals surface area contributed by atoms with Crippen LogP contribution in [0, 0.1) is 0 Å². The van der Waals surface area contributed by atoms with Crippen LogP contribution < -0.4 is 0 Å². The van der Waals surface area contributed by atoms with Crippen LogP contribution in [0.3, 0.4) is 0 Å². The van der Waals surface area contributed by atoms with Crippen LogP contribution in [0.1, 0.15) is 22.3 Å². The smallest absolute Gasteiger partial charge is 0.303 e. The third kappa shape index (κ3) is 2.71. The summed E-state index contributed by atoms with van der Waals surface area (Å²) in [6, 6.07) is 7.01. The van der Waals surface area contributed by atoms with Crippen molar-refractivity contribution >= 4 is 12.3 Å². The van der Waals surface area contributed by atoms with Crippen molar-refractivity contribution in [3.63, 3.8) is 0 Å². The Labute approximate surface area is 76.0 Å².